The molecule has 0 aliphatic carbocycles. The van der Waals surface area contributed by atoms with Crippen LogP contribution in [0.4, 0.5) is 4.79 Å². The van der Waals surface area contributed by atoms with Crippen LogP contribution < -0.4 is 10.6 Å². The van der Waals surface area contributed by atoms with Crippen molar-refractivity contribution < 1.29 is 43.2 Å². The van der Waals surface area contributed by atoms with Gasteiger partial charge in [0.05, 0.1) is 6.04 Å². The summed E-state index contributed by atoms with van der Waals surface area (Å²) in [7, 11) is 0. The molecule has 0 spiro atoms. The van der Waals surface area contributed by atoms with E-state index in [1.165, 1.54) is 0 Å². The van der Waals surface area contributed by atoms with E-state index in [1.54, 1.807) is 12.1 Å². The molecule has 0 aliphatic heterocycles. The fraction of sp³-hybridized carbons (Fsp3) is 0.282. The molecule has 0 bridgehead atoms. The van der Waals surface area contributed by atoms with Crippen LogP contribution in [0.1, 0.15) is 47.9 Å². The summed E-state index contributed by atoms with van der Waals surface area (Å²) in [5.41, 5.74) is 3.32. The van der Waals surface area contributed by atoms with Gasteiger partial charge in [-0.1, -0.05) is 121 Å². The van der Waals surface area contributed by atoms with Gasteiger partial charge in [-0.2, -0.15) is 0 Å². The van der Waals surface area contributed by atoms with Crippen LogP contribution in [0.25, 0.3) is 0 Å². The lowest BCUT2D eigenvalue weighted by Crippen LogP contribution is -2.50. The predicted molar refractivity (Wildman–Crippen MR) is 184 cm³/mol. The Morgan fingerprint density at radius 1 is 0.480 bits per heavy atom. The topological polar surface area (TPSA) is 138 Å². The highest BCUT2D eigenvalue weighted by Gasteiger charge is 2.25. The Kier molecular flexibility index (Phi) is 16.0. The van der Waals surface area contributed by atoms with E-state index in [1.807, 2.05) is 109 Å². The summed E-state index contributed by atoms with van der Waals surface area (Å²) >= 11 is 0. The predicted octanol–water partition coefficient (Wildman–Crippen LogP) is 5.96. The van der Waals surface area contributed by atoms with Gasteiger partial charge in [-0.15, -0.1) is 0 Å². The van der Waals surface area contributed by atoms with E-state index in [0.29, 0.717) is 0 Å². The molecule has 2 atom stereocenters. The van der Waals surface area contributed by atoms with Crippen molar-refractivity contribution in [2.24, 2.45) is 0 Å². The lowest BCUT2D eigenvalue weighted by atomic mass is 10.1. The van der Waals surface area contributed by atoms with E-state index in [2.05, 4.69) is 10.6 Å². The fourth-order valence-corrected chi connectivity index (χ4v) is 4.65. The summed E-state index contributed by atoms with van der Waals surface area (Å²) in [6.45, 7) is 0.266. The molecule has 2 N–H and O–H groups in total. The zero-order chi connectivity index (χ0) is 35.2. The Hall–Kier alpha value is -5.52. The van der Waals surface area contributed by atoms with Crippen LogP contribution in [0.5, 0.6) is 0 Å². The van der Waals surface area contributed by atoms with Gasteiger partial charge in [-0.3, -0.25) is 9.59 Å². The smallest absolute Gasteiger partial charge is 0.329 e. The van der Waals surface area contributed by atoms with Crippen LogP contribution in [-0.2, 0) is 64.8 Å². The van der Waals surface area contributed by atoms with Gasteiger partial charge in [-0.05, 0) is 35.1 Å². The monoisotopic (exact) mass is 682 g/mol. The van der Waals surface area contributed by atoms with E-state index in [0.717, 1.165) is 22.3 Å². The van der Waals surface area contributed by atoms with Crippen molar-refractivity contribution in [3.05, 3.63) is 144 Å². The van der Waals surface area contributed by atoms with Crippen molar-refractivity contribution in [1.82, 2.24) is 10.6 Å². The number of carbonyl (C=O) groups is 4. The number of hydrogen-bond acceptors (Lipinski definition) is 9. The van der Waals surface area contributed by atoms with Gasteiger partial charge in [-0.25, -0.2) is 19.4 Å². The summed E-state index contributed by atoms with van der Waals surface area (Å²) in [5, 5.41) is 5.37. The minimum atomic E-state index is -1.17. The second-order valence-corrected chi connectivity index (χ2v) is 11.4. The number of carbonyl (C=O) groups excluding carboxylic acids is 4. The minimum Gasteiger partial charge on any atom is -0.461 e. The summed E-state index contributed by atoms with van der Waals surface area (Å²) in [5.74, 6) is -1.71. The zero-order valence-electron chi connectivity index (χ0n) is 27.7. The number of nitrogens with one attached hydrogen (secondary N) is 2. The molecule has 50 heavy (non-hydrogen) atoms. The van der Waals surface area contributed by atoms with Crippen LogP contribution in [0.15, 0.2) is 121 Å². The maximum atomic E-state index is 13.2. The van der Waals surface area contributed by atoms with E-state index < -0.39 is 36.0 Å². The van der Waals surface area contributed by atoms with Crippen molar-refractivity contribution in [3.8, 4) is 0 Å². The molecule has 11 heteroatoms. The first-order chi connectivity index (χ1) is 24.4. The molecule has 11 nitrogen and oxygen atoms in total. The Labute approximate surface area is 291 Å². The van der Waals surface area contributed by atoms with Gasteiger partial charge in [0.15, 0.2) is 0 Å². The third kappa shape index (κ3) is 14.7. The van der Waals surface area contributed by atoms with Gasteiger partial charge in [0, 0.05) is 12.8 Å². The third-order valence-corrected chi connectivity index (χ3v) is 7.39. The summed E-state index contributed by atoms with van der Waals surface area (Å²) in [6.07, 6.45) is -0.0759. The van der Waals surface area contributed by atoms with Gasteiger partial charge in [0.25, 0.3) is 0 Å². The van der Waals surface area contributed by atoms with Crippen molar-refractivity contribution in [1.29, 1.82) is 0 Å². The molecule has 2 amide bonds. The number of rotatable bonds is 20. The largest absolute Gasteiger partial charge is 0.461 e. The molecule has 0 saturated carbocycles. The summed E-state index contributed by atoms with van der Waals surface area (Å²) < 4.78 is 16.2. The van der Waals surface area contributed by atoms with Gasteiger partial charge >= 0.3 is 23.9 Å². The molecule has 0 unspecified atom stereocenters. The molecule has 4 rings (SSSR count). The SMILES string of the molecule is O=C(N[C@H](CCC(=O)OCc1ccccc1)COOCc1ccccc1)N[C@@H](CCC(=O)OCc1ccccc1)C(=O)OCc1ccccc1. The molecule has 0 heterocycles. The normalized spacial score (nSPS) is 11.8. The number of hydrogen-bond donors (Lipinski definition) is 2. The summed E-state index contributed by atoms with van der Waals surface area (Å²) in [4.78, 5) is 62.2. The van der Waals surface area contributed by atoms with Crippen LogP contribution in [0, 0.1) is 0 Å². The second-order valence-electron chi connectivity index (χ2n) is 11.4. The number of esters is 3. The average molecular weight is 683 g/mol. The Morgan fingerprint density at radius 3 is 1.38 bits per heavy atom. The lowest BCUT2D eigenvalue weighted by Gasteiger charge is -2.22. The second kappa shape index (κ2) is 21.5. The van der Waals surface area contributed by atoms with E-state index in [9.17, 15) is 19.2 Å². The first-order valence-corrected chi connectivity index (χ1v) is 16.4. The Bertz CT molecular complexity index is 1590. The first kappa shape index (κ1) is 37.3. The van der Waals surface area contributed by atoms with Crippen LogP contribution in [0.3, 0.4) is 0 Å². The Balaban J connectivity index is 1.33. The molecule has 0 aliphatic rings. The van der Waals surface area contributed by atoms with Crippen molar-refractivity contribution in [2.45, 2.75) is 64.2 Å². The molecular formula is C39H42N2O9. The molecule has 0 aromatic heterocycles. The van der Waals surface area contributed by atoms with Gasteiger partial charge in [0.1, 0.15) is 39.1 Å². The number of benzene rings is 4. The molecule has 4 aromatic rings. The average Bonchev–Trinajstić information content (AvgIpc) is 3.16. The van der Waals surface area contributed by atoms with Gasteiger partial charge < -0.3 is 24.8 Å². The fourth-order valence-electron chi connectivity index (χ4n) is 4.65. The van der Waals surface area contributed by atoms with Crippen LogP contribution >= 0.6 is 0 Å². The third-order valence-electron chi connectivity index (χ3n) is 7.39. The van der Waals surface area contributed by atoms with E-state index >= 15 is 0 Å². The number of amides is 2. The van der Waals surface area contributed by atoms with Crippen LogP contribution in [-0.4, -0.2) is 42.6 Å². The number of urea groups is 1. The zero-order valence-corrected chi connectivity index (χ0v) is 27.7. The maximum Gasteiger partial charge on any atom is 0.329 e. The van der Waals surface area contributed by atoms with E-state index in [-0.39, 0.29) is 58.7 Å². The molecule has 4 aromatic carbocycles. The minimum absolute atomic E-state index is 0.0156. The molecule has 262 valence electrons. The summed E-state index contributed by atoms with van der Waals surface area (Å²) in [6, 6.07) is 34.4. The highest BCUT2D eigenvalue weighted by Crippen LogP contribution is 2.10. The van der Waals surface area contributed by atoms with Crippen molar-refractivity contribution in [2.75, 3.05) is 6.61 Å². The molecular weight excluding hydrogens is 640 g/mol. The van der Waals surface area contributed by atoms with E-state index in [4.69, 9.17) is 24.0 Å². The van der Waals surface area contributed by atoms with Gasteiger partial charge in [0.2, 0.25) is 0 Å². The highest BCUT2D eigenvalue weighted by atomic mass is 17.2. The lowest BCUT2D eigenvalue weighted by molar-refractivity contribution is -0.306. The Morgan fingerprint density at radius 2 is 0.900 bits per heavy atom. The van der Waals surface area contributed by atoms with Crippen molar-refractivity contribution in [3.63, 3.8) is 0 Å². The van der Waals surface area contributed by atoms with Crippen molar-refractivity contribution >= 4 is 23.9 Å². The number of ether oxygens (including phenoxy) is 3. The maximum absolute atomic E-state index is 13.2. The standard InChI is InChI=1S/C39H42N2O9/c42-36(46-25-30-13-5-1-6-14-30)23-21-34(29-50-49-28-33-19-11-4-12-20-33)40-39(45)41-35(38(44)48-27-32-17-9-3-10-18-32)22-24-37(43)47-26-31-15-7-2-8-16-31/h1-20,34-35H,21-29H2,(H2,40,41,45)/t34-,35+/m1/s1. The first-order valence-electron chi connectivity index (χ1n) is 16.4. The molecule has 0 radical (unpaired) electrons. The molecule has 0 fully saturated rings. The quantitative estimate of drug-likeness (QED) is 0.0380. The molecule has 0 saturated heterocycles. The van der Waals surface area contributed by atoms with Crippen LogP contribution in [0.2, 0.25) is 0 Å². The highest BCUT2D eigenvalue weighted by molar-refractivity contribution is 5.84.